The summed E-state index contributed by atoms with van der Waals surface area (Å²) in [5.74, 6) is -1.08. The maximum absolute atomic E-state index is 12.1. The number of benzene rings is 2. The Morgan fingerprint density at radius 2 is 1.65 bits per heavy atom. The van der Waals surface area contributed by atoms with Gasteiger partial charge in [0, 0.05) is 5.69 Å². The van der Waals surface area contributed by atoms with Gasteiger partial charge in [-0.05, 0) is 36.4 Å². The molecule has 2 aromatic rings. The number of rotatable bonds is 4. The van der Waals surface area contributed by atoms with E-state index in [0.29, 0.717) is 0 Å². The molecular weight excluding hydrogens is 280 g/mol. The Labute approximate surface area is 115 Å². The Morgan fingerprint density at radius 1 is 1.05 bits per heavy atom. The lowest BCUT2D eigenvalue weighted by Crippen LogP contribution is -2.14. The summed E-state index contributed by atoms with van der Waals surface area (Å²) in [5, 5.41) is 8.77. The highest BCUT2D eigenvalue weighted by molar-refractivity contribution is 7.92. The Hall–Kier alpha value is -2.54. The van der Waals surface area contributed by atoms with Gasteiger partial charge in [-0.25, -0.2) is 13.2 Å². The summed E-state index contributed by atoms with van der Waals surface area (Å²) in [6.07, 6.45) is 0. The molecule has 0 aliphatic rings. The highest BCUT2D eigenvalue weighted by Crippen LogP contribution is 2.21. The highest BCUT2D eigenvalue weighted by atomic mass is 32.2. The lowest BCUT2D eigenvalue weighted by atomic mass is 10.2. The predicted octanol–water partition coefficient (Wildman–Crippen LogP) is 1.77. The molecule has 2 rings (SSSR count). The number of nitrogens with two attached hydrogens (primary N) is 1. The zero-order valence-electron chi connectivity index (χ0n) is 10.3. The molecule has 0 aliphatic carbocycles. The third-order valence-corrected chi connectivity index (χ3v) is 4.05. The minimum Gasteiger partial charge on any atom is -0.478 e. The summed E-state index contributed by atoms with van der Waals surface area (Å²) >= 11 is 0. The summed E-state index contributed by atoms with van der Waals surface area (Å²) in [6.45, 7) is 0. The first kappa shape index (κ1) is 13.9. The fourth-order valence-corrected chi connectivity index (χ4v) is 2.81. The summed E-state index contributed by atoms with van der Waals surface area (Å²) in [7, 11) is -3.80. The second kappa shape index (κ2) is 5.22. The summed E-state index contributed by atoms with van der Waals surface area (Å²) in [4.78, 5) is 10.7. The van der Waals surface area contributed by atoms with Gasteiger partial charge < -0.3 is 10.8 Å². The molecule has 0 amide bonds. The molecule has 0 spiro atoms. The van der Waals surface area contributed by atoms with Crippen LogP contribution in [-0.2, 0) is 10.0 Å². The quantitative estimate of drug-likeness (QED) is 0.744. The zero-order valence-corrected chi connectivity index (χ0v) is 11.1. The molecule has 0 bridgehead atoms. The molecule has 0 atom stereocenters. The van der Waals surface area contributed by atoms with E-state index in [4.69, 9.17) is 10.8 Å². The van der Waals surface area contributed by atoms with Crippen molar-refractivity contribution in [3.8, 4) is 0 Å². The average Bonchev–Trinajstić information content (AvgIpc) is 2.39. The Bertz CT molecular complexity index is 739. The number of carbonyl (C=O) groups is 1. The van der Waals surface area contributed by atoms with Crippen LogP contribution in [0.3, 0.4) is 0 Å². The molecule has 2 aromatic carbocycles. The van der Waals surface area contributed by atoms with Crippen molar-refractivity contribution in [2.75, 3.05) is 10.5 Å². The number of hydrogen-bond donors (Lipinski definition) is 3. The van der Waals surface area contributed by atoms with E-state index in [0.717, 1.165) is 0 Å². The van der Waals surface area contributed by atoms with Gasteiger partial charge in [-0.2, -0.15) is 0 Å². The fraction of sp³-hybridized carbons (Fsp3) is 0. The largest absolute Gasteiger partial charge is 0.478 e. The van der Waals surface area contributed by atoms with Gasteiger partial charge in [0.1, 0.15) is 4.90 Å². The topological polar surface area (TPSA) is 109 Å². The van der Waals surface area contributed by atoms with Crippen molar-refractivity contribution in [2.45, 2.75) is 4.90 Å². The molecule has 0 saturated carbocycles. The zero-order chi connectivity index (χ0) is 14.8. The highest BCUT2D eigenvalue weighted by Gasteiger charge is 2.17. The first-order valence-electron chi connectivity index (χ1n) is 5.61. The van der Waals surface area contributed by atoms with Gasteiger partial charge in [0.15, 0.2) is 0 Å². The van der Waals surface area contributed by atoms with Crippen LogP contribution in [0.5, 0.6) is 0 Å². The number of carboxylic acids is 1. The van der Waals surface area contributed by atoms with Crippen molar-refractivity contribution in [3.05, 3.63) is 54.1 Å². The van der Waals surface area contributed by atoms with Crippen LogP contribution in [0.4, 0.5) is 11.4 Å². The Balaban J connectivity index is 2.29. The van der Waals surface area contributed by atoms with Crippen LogP contribution in [0, 0.1) is 0 Å². The average molecular weight is 292 g/mol. The van der Waals surface area contributed by atoms with E-state index >= 15 is 0 Å². The fourth-order valence-electron chi connectivity index (χ4n) is 1.62. The molecule has 6 nitrogen and oxygen atoms in total. The van der Waals surface area contributed by atoms with Gasteiger partial charge in [-0.15, -0.1) is 0 Å². The molecule has 0 aliphatic heterocycles. The molecule has 4 N–H and O–H groups in total. The van der Waals surface area contributed by atoms with Crippen molar-refractivity contribution < 1.29 is 18.3 Å². The third kappa shape index (κ3) is 2.89. The lowest BCUT2D eigenvalue weighted by molar-refractivity contribution is 0.0697. The maximum Gasteiger partial charge on any atom is 0.335 e. The van der Waals surface area contributed by atoms with Gasteiger partial charge in [0.05, 0.1) is 11.3 Å². The number of para-hydroxylation sites is 1. The van der Waals surface area contributed by atoms with Gasteiger partial charge in [0.2, 0.25) is 0 Å². The van der Waals surface area contributed by atoms with Crippen molar-refractivity contribution in [1.29, 1.82) is 0 Å². The number of hydrogen-bond acceptors (Lipinski definition) is 4. The molecule has 0 fully saturated rings. The number of nitrogen functional groups attached to an aromatic ring is 1. The first-order chi connectivity index (χ1) is 9.40. The number of aromatic carboxylic acids is 1. The minimum absolute atomic E-state index is 0.0256. The molecule has 0 unspecified atom stereocenters. The Morgan fingerprint density at radius 3 is 2.20 bits per heavy atom. The SMILES string of the molecule is Nc1ccccc1S(=O)(=O)Nc1ccc(C(=O)O)cc1. The van der Waals surface area contributed by atoms with Gasteiger partial charge in [-0.3, -0.25) is 4.72 Å². The third-order valence-electron chi connectivity index (χ3n) is 2.59. The molecule has 20 heavy (non-hydrogen) atoms. The number of sulfonamides is 1. The van der Waals surface area contributed by atoms with Crippen LogP contribution >= 0.6 is 0 Å². The number of carboxylic acid groups (broad SMARTS) is 1. The van der Waals surface area contributed by atoms with E-state index in [1.807, 2.05) is 0 Å². The van der Waals surface area contributed by atoms with E-state index in [1.54, 1.807) is 12.1 Å². The minimum atomic E-state index is -3.80. The molecular formula is C13H12N2O4S. The van der Waals surface area contributed by atoms with Crippen molar-refractivity contribution >= 4 is 27.4 Å². The number of anilines is 2. The number of nitrogens with one attached hydrogen (secondary N) is 1. The lowest BCUT2D eigenvalue weighted by Gasteiger charge is -2.10. The van der Waals surface area contributed by atoms with Gasteiger partial charge in [0.25, 0.3) is 10.0 Å². The van der Waals surface area contributed by atoms with Crippen molar-refractivity contribution in [1.82, 2.24) is 0 Å². The molecule has 7 heteroatoms. The van der Waals surface area contributed by atoms with E-state index in [9.17, 15) is 13.2 Å². The van der Waals surface area contributed by atoms with Gasteiger partial charge in [-0.1, -0.05) is 12.1 Å². The molecule has 0 heterocycles. The van der Waals surface area contributed by atoms with Crippen LogP contribution in [0.15, 0.2) is 53.4 Å². The van der Waals surface area contributed by atoms with Crippen molar-refractivity contribution in [3.63, 3.8) is 0 Å². The van der Waals surface area contributed by atoms with Crippen LogP contribution in [0.1, 0.15) is 10.4 Å². The summed E-state index contributed by atoms with van der Waals surface area (Å²) in [6, 6.07) is 11.5. The second-order valence-corrected chi connectivity index (χ2v) is 5.68. The molecule has 0 saturated heterocycles. The van der Waals surface area contributed by atoms with Crippen molar-refractivity contribution in [2.24, 2.45) is 0 Å². The molecule has 104 valence electrons. The summed E-state index contributed by atoms with van der Waals surface area (Å²) < 4.78 is 26.6. The smallest absolute Gasteiger partial charge is 0.335 e. The normalized spacial score (nSPS) is 11.0. The second-order valence-electron chi connectivity index (χ2n) is 4.03. The van der Waals surface area contributed by atoms with E-state index in [-0.39, 0.29) is 21.8 Å². The Kier molecular flexibility index (Phi) is 3.62. The maximum atomic E-state index is 12.1. The van der Waals surface area contributed by atoms with Crippen LogP contribution < -0.4 is 10.5 Å². The summed E-state index contributed by atoms with van der Waals surface area (Å²) in [5.41, 5.74) is 6.11. The molecule has 0 radical (unpaired) electrons. The standard InChI is InChI=1S/C13H12N2O4S/c14-11-3-1-2-4-12(11)20(18,19)15-10-7-5-9(6-8-10)13(16)17/h1-8,15H,14H2,(H,16,17). The van der Waals surface area contributed by atoms with Crippen LogP contribution in [-0.4, -0.2) is 19.5 Å². The van der Waals surface area contributed by atoms with E-state index in [1.165, 1.54) is 36.4 Å². The van der Waals surface area contributed by atoms with Crippen LogP contribution in [0.2, 0.25) is 0 Å². The molecule has 0 aromatic heterocycles. The van der Waals surface area contributed by atoms with Crippen LogP contribution in [0.25, 0.3) is 0 Å². The van der Waals surface area contributed by atoms with Gasteiger partial charge >= 0.3 is 5.97 Å². The van der Waals surface area contributed by atoms with E-state index < -0.39 is 16.0 Å². The first-order valence-corrected chi connectivity index (χ1v) is 7.09. The predicted molar refractivity (Wildman–Crippen MR) is 75.1 cm³/mol. The monoisotopic (exact) mass is 292 g/mol. The van der Waals surface area contributed by atoms with E-state index in [2.05, 4.69) is 4.72 Å².